The number of aliphatic hydroxyl groups excluding tert-OH is 8. The first-order chi connectivity index (χ1) is 15.6. The van der Waals surface area contributed by atoms with E-state index in [1.807, 2.05) is 0 Å². The third-order valence-corrected chi connectivity index (χ3v) is 6.17. The zero-order chi connectivity index (χ0) is 24.4. The summed E-state index contributed by atoms with van der Waals surface area (Å²) in [7, 11) is 1.42. The van der Waals surface area contributed by atoms with E-state index in [-0.39, 0.29) is 6.42 Å². The Labute approximate surface area is 189 Å². The van der Waals surface area contributed by atoms with Crippen LogP contribution in [-0.4, -0.2) is 147 Å². The lowest BCUT2D eigenvalue weighted by atomic mass is 9.97. The summed E-state index contributed by atoms with van der Waals surface area (Å²) in [6, 6.07) is 0. The molecule has 0 saturated carbocycles. The van der Waals surface area contributed by atoms with Gasteiger partial charge >= 0.3 is 0 Å². The highest BCUT2D eigenvalue weighted by molar-refractivity contribution is 4.93. The summed E-state index contributed by atoms with van der Waals surface area (Å²) in [5.41, 5.74) is 0. The summed E-state index contributed by atoms with van der Waals surface area (Å²) in [6.07, 6.45) is -18.2. The molecule has 3 fully saturated rings. The van der Waals surface area contributed by atoms with Crippen LogP contribution in [0.15, 0.2) is 0 Å². The van der Waals surface area contributed by atoms with Crippen LogP contribution in [0.2, 0.25) is 0 Å². The molecule has 3 heterocycles. The van der Waals surface area contributed by atoms with E-state index in [4.69, 9.17) is 28.4 Å². The van der Waals surface area contributed by atoms with E-state index in [2.05, 4.69) is 0 Å². The van der Waals surface area contributed by atoms with Gasteiger partial charge in [0, 0.05) is 13.5 Å². The van der Waals surface area contributed by atoms with Crippen molar-refractivity contribution in [3.05, 3.63) is 0 Å². The van der Waals surface area contributed by atoms with Crippen LogP contribution in [0.4, 0.5) is 0 Å². The number of rotatable bonds is 7. The van der Waals surface area contributed by atoms with Crippen molar-refractivity contribution in [1.82, 2.24) is 0 Å². The topological polar surface area (TPSA) is 217 Å². The minimum atomic E-state index is -1.68. The fourth-order valence-corrected chi connectivity index (χ4v) is 4.16. The Kier molecular flexibility index (Phi) is 9.38. The van der Waals surface area contributed by atoms with Gasteiger partial charge in [0.15, 0.2) is 18.9 Å². The highest BCUT2D eigenvalue weighted by Crippen LogP contribution is 2.30. The fourth-order valence-electron chi connectivity index (χ4n) is 4.16. The average Bonchev–Trinajstić information content (AvgIpc) is 2.79. The molecule has 33 heavy (non-hydrogen) atoms. The Morgan fingerprint density at radius 2 is 1.33 bits per heavy atom. The Balaban J connectivity index is 1.64. The van der Waals surface area contributed by atoms with Crippen molar-refractivity contribution in [3.63, 3.8) is 0 Å². The van der Waals surface area contributed by atoms with Crippen LogP contribution in [0, 0.1) is 0 Å². The third-order valence-electron chi connectivity index (χ3n) is 6.17. The quantitative estimate of drug-likeness (QED) is 0.169. The van der Waals surface area contributed by atoms with Crippen LogP contribution in [0.1, 0.15) is 13.3 Å². The number of aliphatic hydroxyl groups is 8. The minimum Gasteiger partial charge on any atom is -0.394 e. The van der Waals surface area contributed by atoms with Gasteiger partial charge in [0.1, 0.15) is 54.9 Å². The fraction of sp³-hybridized carbons (Fsp3) is 1.00. The van der Waals surface area contributed by atoms with E-state index < -0.39 is 99.2 Å². The van der Waals surface area contributed by atoms with Gasteiger partial charge in [0.2, 0.25) is 0 Å². The molecule has 1 unspecified atom stereocenters. The Hall–Kier alpha value is -0.560. The van der Waals surface area contributed by atoms with Crippen molar-refractivity contribution in [1.29, 1.82) is 0 Å². The van der Waals surface area contributed by atoms with Gasteiger partial charge in [0.05, 0.1) is 25.4 Å². The summed E-state index contributed by atoms with van der Waals surface area (Å²) in [6.45, 7) is 0.501. The molecule has 0 amide bonds. The molecule has 0 aromatic carbocycles. The number of methoxy groups -OCH3 is 1. The molecule has 3 rings (SSSR count). The maximum atomic E-state index is 10.4. The summed E-state index contributed by atoms with van der Waals surface area (Å²) in [4.78, 5) is 0. The molecule has 0 aliphatic carbocycles. The van der Waals surface area contributed by atoms with Crippen molar-refractivity contribution < 1.29 is 69.3 Å². The lowest BCUT2D eigenvalue weighted by molar-refractivity contribution is -0.351. The van der Waals surface area contributed by atoms with Gasteiger partial charge in [-0.2, -0.15) is 0 Å². The van der Waals surface area contributed by atoms with E-state index in [9.17, 15) is 40.9 Å². The monoisotopic (exact) mass is 486 g/mol. The summed E-state index contributed by atoms with van der Waals surface area (Å²) >= 11 is 0. The van der Waals surface area contributed by atoms with Gasteiger partial charge < -0.3 is 69.3 Å². The molecule has 0 aromatic heterocycles. The number of hydrogen-bond acceptors (Lipinski definition) is 14. The third kappa shape index (κ3) is 5.82. The minimum absolute atomic E-state index is 0.100. The molecule has 0 spiro atoms. The molecule has 14 nitrogen and oxygen atoms in total. The second kappa shape index (κ2) is 11.5. The van der Waals surface area contributed by atoms with E-state index in [1.165, 1.54) is 7.11 Å². The Morgan fingerprint density at radius 3 is 1.94 bits per heavy atom. The Morgan fingerprint density at radius 1 is 0.758 bits per heavy atom. The molecule has 0 aromatic rings. The van der Waals surface area contributed by atoms with E-state index >= 15 is 0 Å². The van der Waals surface area contributed by atoms with Crippen LogP contribution >= 0.6 is 0 Å². The van der Waals surface area contributed by atoms with Gasteiger partial charge in [0.25, 0.3) is 0 Å². The van der Waals surface area contributed by atoms with Crippen LogP contribution in [0.3, 0.4) is 0 Å². The van der Waals surface area contributed by atoms with E-state index in [0.717, 1.165) is 0 Å². The van der Waals surface area contributed by atoms with Crippen molar-refractivity contribution in [2.24, 2.45) is 0 Å². The van der Waals surface area contributed by atoms with Gasteiger partial charge in [-0.05, 0) is 6.92 Å². The maximum absolute atomic E-state index is 10.4. The molecule has 194 valence electrons. The molecule has 14 atom stereocenters. The van der Waals surface area contributed by atoms with Gasteiger partial charge in [-0.1, -0.05) is 0 Å². The predicted octanol–water partition coefficient (Wildman–Crippen LogP) is -4.86. The normalized spacial score (nSPS) is 51.5. The van der Waals surface area contributed by atoms with E-state index in [0.29, 0.717) is 0 Å². The summed E-state index contributed by atoms with van der Waals surface area (Å²) < 4.78 is 32.7. The highest BCUT2D eigenvalue weighted by Gasteiger charge is 2.49. The molecule has 0 bridgehead atoms. The summed E-state index contributed by atoms with van der Waals surface area (Å²) in [5, 5.41) is 79.8. The van der Waals surface area contributed by atoms with Crippen LogP contribution < -0.4 is 0 Å². The second-order valence-electron chi connectivity index (χ2n) is 8.45. The molecule has 3 aliphatic heterocycles. The molecular formula is C19H34O14. The molecule has 14 heteroatoms. The first-order valence-electron chi connectivity index (χ1n) is 10.7. The largest absolute Gasteiger partial charge is 0.394 e. The predicted molar refractivity (Wildman–Crippen MR) is 103 cm³/mol. The molecule has 8 N–H and O–H groups in total. The first kappa shape index (κ1) is 27.0. The van der Waals surface area contributed by atoms with Crippen molar-refractivity contribution in [2.45, 2.75) is 99.4 Å². The van der Waals surface area contributed by atoms with Crippen molar-refractivity contribution >= 4 is 0 Å². The smallest absolute Gasteiger partial charge is 0.187 e. The van der Waals surface area contributed by atoms with Crippen LogP contribution in [0.5, 0.6) is 0 Å². The SMILES string of the molecule is CO[C@H]1CC(O)O[C@H](C)[C@H]1O[C@@H]1O[C@H](CO[C@@H]2O[C@H](CO)[C@@H](O)[C@H](O)[C@H]2O)[C@@H](O)[C@H](O)[C@H]1O. The van der Waals surface area contributed by atoms with Gasteiger partial charge in [-0.25, -0.2) is 0 Å². The summed E-state index contributed by atoms with van der Waals surface area (Å²) in [5.74, 6) is 0. The van der Waals surface area contributed by atoms with Gasteiger partial charge in [-0.15, -0.1) is 0 Å². The van der Waals surface area contributed by atoms with Gasteiger partial charge in [-0.3, -0.25) is 0 Å². The zero-order valence-electron chi connectivity index (χ0n) is 18.2. The van der Waals surface area contributed by atoms with Crippen LogP contribution in [-0.2, 0) is 28.4 Å². The standard InChI is InChI=1S/C19H34O14/c1-6-17(7(28-2)3-10(21)30-6)33-19-16(27)14(25)12(23)9(32-19)5-29-18-15(26)13(24)11(22)8(4-20)31-18/h6-27H,3-5H2,1-2H3/t6-,7+,8-,9-,10?,11-,12-,13+,14+,15-,16-,17-,18-,19+/m1/s1. The average molecular weight is 486 g/mol. The number of ether oxygens (including phenoxy) is 6. The Bertz CT molecular complexity index is 609. The highest BCUT2D eigenvalue weighted by atomic mass is 16.7. The van der Waals surface area contributed by atoms with Crippen molar-refractivity contribution in [2.75, 3.05) is 20.3 Å². The zero-order valence-corrected chi connectivity index (χ0v) is 18.2. The van der Waals surface area contributed by atoms with E-state index in [1.54, 1.807) is 6.92 Å². The van der Waals surface area contributed by atoms with Crippen LogP contribution in [0.25, 0.3) is 0 Å². The van der Waals surface area contributed by atoms with Crippen molar-refractivity contribution in [3.8, 4) is 0 Å². The lowest BCUT2D eigenvalue weighted by Gasteiger charge is -2.45. The lowest BCUT2D eigenvalue weighted by Crippen LogP contribution is -2.63. The maximum Gasteiger partial charge on any atom is 0.187 e. The molecular weight excluding hydrogens is 452 g/mol. The molecule has 0 radical (unpaired) electrons. The molecule has 3 saturated heterocycles. The number of hydrogen-bond donors (Lipinski definition) is 8. The molecule has 3 aliphatic rings. The second-order valence-corrected chi connectivity index (χ2v) is 8.45. The first-order valence-corrected chi connectivity index (χ1v) is 10.7.